The van der Waals surface area contributed by atoms with Gasteiger partial charge in [-0.3, -0.25) is 14.5 Å². The van der Waals surface area contributed by atoms with Crippen LogP contribution in [-0.2, 0) is 19.1 Å². The van der Waals surface area contributed by atoms with E-state index in [1.165, 1.54) is 7.11 Å². The van der Waals surface area contributed by atoms with Gasteiger partial charge in [-0.05, 0) is 13.8 Å². The summed E-state index contributed by atoms with van der Waals surface area (Å²) in [5.74, 6) is -1.31. The van der Waals surface area contributed by atoms with Crippen LogP contribution in [0.25, 0.3) is 0 Å². The van der Waals surface area contributed by atoms with Gasteiger partial charge in [0.25, 0.3) is 5.91 Å². The molecule has 0 spiro atoms. The molecule has 0 atom stereocenters. The Labute approximate surface area is 93.4 Å². The number of amides is 2. The number of nitrogens with zero attached hydrogens (tertiary/aromatic N) is 1. The molecule has 0 N–H and O–H groups in total. The third-order valence-electron chi connectivity index (χ3n) is 2.24. The number of ether oxygens (including phenoxy) is 1. The van der Waals surface area contributed by atoms with Gasteiger partial charge in [0.15, 0.2) is 0 Å². The van der Waals surface area contributed by atoms with Crippen LogP contribution < -0.4 is 0 Å². The van der Waals surface area contributed by atoms with Gasteiger partial charge in [0.05, 0.1) is 13.5 Å². The number of methoxy groups -OCH3 is 1. The lowest BCUT2D eigenvalue weighted by atomic mass is 10.1. The zero-order valence-corrected chi connectivity index (χ0v) is 9.44. The third-order valence-corrected chi connectivity index (χ3v) is 2.24. The maximum Gasteiger partial charge on any atom is 0.331 e. The highest BCUT2D eigenvalue weighted by Crippen LogP contribution is 2.21. The highest BCUT2D eigenvalue weighted by atomic mass is 16.5. The number of esters is 1. The van der Waals surface area contributed by atoms with Crippen LogP contribution in [0.15, 0.2) is 23.4 Å². The van der Waals surface area contributed by atoms with Gasteiger partial charge in [-0.2, -0.15) is 0 Å². The van der Waals surface area contributed by atoms with E-state index in [0.29, 0.717) is 5.57 Å². The largest absolute Gasteiger partial charge is 0.466 e. The van der Waals surface area contributed by atoms with E-state index in [0.717, 1.165) is 22.7 Å². The highest BCUT2D eigenvalue weighted by molar-refractivity contribution is 6.14. The van der Waals surface area contributed by atoms with Crippen molar-refractivity contribution in [3.8, 4) is 0 Å². The van der Waals surface area contributed by atoms with Gasteiger partial charge in [-0.1, -0.05) is 5.57 Å². The Morgan fingerprint density at radius 3 is 2.44 bits per heavy atom. The molecule has 1 aliphatic rings. The van der Waals surface area contributed by atoms with Gasteiger partial charge >= 0.3 is 5.97 Å². The molecule has 0 aliphatic carbocycles. The predicted octanol–water partition coefficient (Wildman–Crippen LogP) is 0.768. The second-order valence-corrected chi connectivity index (χ2v) is 3.56. The normalized spacial score (nSPS) is 16.2. The van der Waals surface area contributed by atoms with E-state index in [1.807, 2.05) is 0 Å². The van der Waals surface area contributed by atoms with E-state index in [1.54, 1.807) is 13.8 Å². The number of hydrogen-bond acceptors (Lipinski definition) is 4. The number of allylic oxidation sites excluding steroid dienone is 1. The summed E-state index contributed by atoms with van der Waals surface area (Å²) in [4.78, 5) is 34.9. The van der Waals surface area contributed by atoms with Crippen molar-refractivity contribution >= 4 is 17.8 Å². The van der Waals surface area contributed by atoms with Crippen molar-refractivity contribution in [2.24, 2.45) is 0 Å². The number of likely N-dealkylation sites (tertiary alicyclic amines) is 1. The van der Waals surface area contributed by atoms with Gasteiger partial charge in [-0.15, -0.1) is 0 Å². The monoisotopic (exact) mass is 223 g/mol. The number of carbonyl (C=O) groups excluding carboxylic acids is 3. The molecule has 0 aromatic heterocycles. The van der Waals surface area contributed by atoms with Crippen LogP contribution in [0.3, 0.4) is 0 Å². The van der Waals surface area contributed by atoms with Crippen LogP contribution >= 0.6 is 0 Å². The minimum Gasteiger partial charge on any atom is -0.466 e. The van der Waals surface area contributed by atoms with Gasteiger partial charge < -0.3 is 4.74 Å². The molecule has 0 unspecified atom stereocenters. The summed E-state index contributed by atoms with van der Waals surface area (Å²) >= 11 is 0. The molecule has 1 rings (SSSR count). The lowest BCUT2D eigenvalue weighted by Crippen LogP contribution is -2.23. The van der Waals surface area contributed by atoms with Crippen molar-refractivity contribution < 1.29 is 19.1 Å². The molecule has 1 aliphatic heterocycles. The molecule has 5 heteroatoms. The fraction of sp³-hybridized carbons (Fsp3) is 0.364. The van der Waals surface area contributed by atoms with E-state index in [9.17, 15) is 14.4 Å². The predicted molar refractivity (Wildman–Crippen MR) is 56.0 cm³/mol. The number of imide groups is 1. The lowest BCUT2D eigenvalue weighted by Gasteiger charge is -2.06. The van der Waals surface area contributed by atoms with Crippen LogP contribution in [-0.4, -0.2) is 29.8 Å². The minimum absolute atomic E-state index is 0.0900. The molecule has 0 saturated carbocycles. The Kier molecular flexibility index (Phi) is 3.60. The smallest absolute Gasteiger partial charge is 0.331 e. The quantitative estimate of drug-likeness (QED) is 0.394. The molecule has 0 radical (unpaired) electrons. The fourth-order valence-corrected chi connectivity index (χ4v) is 1.32. The first kappa shape index (κ1) is 12.2. The molecule has 5 nitrogen and oxygen atoms in total. The number of carbonyl (C=O) groups is 3. The zero-order chi connectivity index (χ0) is 12.3. The van der Waals surface area contributed by atoms with Crippen LogP contribution in [0, 0.1) is 0 Å². The van der Waals surface area contributed by atoms with Crippen molar-refractivity contribution in [1.29, 1.82) is 0 Å². The van der Waals surface area contributed by atoms with Crippen LogP contribution in [0.2, 0.25) is 0 Å². The van der Waals surface area contributed by atoms with Gasteiger partial charge in [0.1, 0.15) is 0 Å². The summed E-state index contributed by atoms with van der Waals surface area (Å²) in [5.41, 5.74) is 1.30. The number of rotatable bonds is 2. The fourth-order valence-electron chi connectivity index (χ4n) is 1.32. The summed E-state index contributed by atoms with van der Waals surface area (Å²) < 4.78 is 4.37. The van der Waals surface area contributed by atoms with E-state index in [-0.39, 0.29) is 18.2 Å². The summed E-state index contributed by atoms with van der Waals surface area (Å²) in [7, 11) is 1.22. The molecular weight excluding hydrogens is 210 g/mol. The van der Waals surface area contributed by atoms with Gasteiger partial charge in [0.2, 0.25) is 5.91 Å². The van der Waals surface area contributed by atoms with Crippen LogP contribution in [0.5, 0.6) is 0 Å². The topological polar surface area (TPSA) is 63.7 Å². The van der Waals surface area contributed by atoms with Gasteiger partial charge in [0, 0.05) is 17.8 Å². The first-order valence-corrected chi connectivity index (χ1v) is 4.76. The molecule has 1 heterocycles. The standard InChI is InChI=1S/C11H13NO4/c1-7(2)8-6-9(13)12(11(8)15)5-4-10(14)16-3/h4-5H,6H2,1-3H3. The summed E-state index contributed by atoms with van der Waals surface area (Å²) in [6.45, 7) is 3.54. The molecular formula is C11H13NO4. The maximum absolute atomic E-state index is 11.7. The zero-order valence-electron chi connectivity index (χ0n) is 9.44. The Balaban J connectivity index is 2.89. The van der Waals surface area contributed by atoms with Crippen molar-refractivity contribution in [2.45, 2.75) is 20.3 Å². The second kappa shape index (κ2) is 4.74. The summed E-state index contributed by atoms with van der Waals surface area (Å²) in [6.07, 6.45) is 2.28. The van der Waals surface area contributed by atoms with Crippen molar-refractivity contribution in [3.05, 3.63) is 23.4 Å². The Bertz CT molecular complexity index is 402. The van der Waals surface area contributed by atoms with Crippen LogP contribution in [0.1, 0.15) is 20.3 Å². The third kappa shape index (κ3) is 2.36. The van der Waals surface area contributed by atoms with Crippen molar-refractivity contribution in [2.75, 3.05) is 7.11 Å². The Morgan fingerprint density at radius 1 is 1.38 bits per heavy atom. The van der Waals surface area contributed by atoms with E-state index >= 15 is 0 Å². The average Bonchev–Trinajstić information content (AvgIpc) is 2.51. The van der Waals surface area contributed by atoms with E-state index in [2.05, 4.69) is 4.74 Å². The highest BCUT2D eigenvalue weighted by Gasteiger charge is 2.32. The maximum atomic E-state index is 11.7. The lowest BCUT2D eigenvalue weighted by molar-refractivity contribution is -0.135. The molecule has 1 saturated heterocycles. The summed E-state index contributed by atoms with van der Waals surface area (Å²) in [6, 6.07) is 0. The molecule has 0 bridgehead atoms. The molecule has 1 fully saturated rings. The number of hydrogen-bond donors (Lipinski definition) is 0. The van der Waals surface area contributed by atoms with Crippen molar-refractivity contribution in [1.82, 2.24) is 4.90 Å². The summed E-state index contributed by atoms with van der Waals surface area (Å²) in [5, 5.41) is 0. The van der Waals surface area contributed by atoms with E-state index in [4.69, 9.17) is 0 Å². The molecule has 86 valence electrons. The molecule has 2 amide bonds. The van der Waals surface area contributed by atoms with Crippen molar-refractivity contribution in [3.63, 3.8) is 0 Å². The van der Waals surface area contributed by atoms with Gasteiger partial charge in [-0.25, -0.2) is 4.79 Å². The Morgan fingerprint density at radius 2 is 2.00 bits per heavy atom. The average molecular weight is 223 g/mol. The molecule has 0 aromatic carbocycles. The first-order chi connectivity index (χ1) is 7.47. The SMILES string of the molecule is COC(=O)C=CN1C(=O)CC(=C(C)C)C1=O. The Hall–Kier alpha value is -1.91. The van der Waals surface area contributed by atoms with E-state index < -0.39 is 5.97 Å². The van der Waals surface area contributed by atoms with Crippen LogP contribution in [0.4, 0.5) is 0 Å². The minimum atomic E-state index is -0.605. The second-order valence-electron chi connectivity index (χ2n) is 3.56. The molecule has 0 aromatic rings. The first-order valence-electron chi connectivity index (χ1n) is 4.76. The molecule has 16 heavy (non-hydrogen) atoms.